The van der Waals surface area contributed by atoms with Gasteiger partial charge in [0.05, 0.1) is 5.56 Å². The van der Waals surface area contributed by atoms with Gasteiger partial charge >= 0.3 is 0 Å². The van der Waals surface area contributed by atoms with Crippen molar-refractivity contribution in [2.45, 2.75) is 39.0 Å². The molecule has 0 aliphatic carbocycles. The Morgan fingerprint density at radius 2 is 1.38 bits per heavy atom. The molecule has 1 aliphatic rings. The van der Waals surface area contributed by atoms with E-state index in [-0.39, 0.29) is 5.41 Å². The van der Waals surface area contributed by atoms with Gasteiger partial charge in [0, 0.05) is 22.6 Å². The van der Waals surface area contributed by atoms with Gasteiger partial charge in [-0.1, -0.05) is 98.8 Å². The van der Waals surface area contributed by atoms with Gasteiger partial charge in [0.15, 0.2) is 6.21 Å². The number of benzene rings is 4. The van der Waals surface area contributed by atoms with E-state index in [0.717, 1.165) is 11.3 Å². The highest BCUT2D eigenvalue weighted by molar-refractivity contribution is 5.84. The van der Waals surface area contributed by atoms with Crippen LogP contribution in [0.25, 0.3) is 0 Å². The lowest BCUT2D eigenvalue weighted by Crippen LogP contribution is -2.29. The van der Waals surface area contributed by atoms with Crippen LogP contribution in [0, 0.1) is 6.92 Å². The monoisotopic (exact) mass is 446 g/mol. The molecule has 4 aromatic rings. The summed E-state index contributed by atoms with van der Waals surface area (Å²) < 4.78 is 8.83. The zero-order chi connectivity index (χ0) is 23.7. The molecule has 0 atom stereocenters. The maximum atomic E-state index is 6.60. The van der Waals surface area contributed by atoms with E-state index in [1.54, 1.807) is 0 Å². The van der Waals surface area contributed by atoms with E-state index in [0.29, 0.717) is 12.6 Å². The number of rotatable bonds is 5. The molecule has 5 rings (SSSR count). The van der Waals surface area contributed by atoms with Crippen LogP contribution in [0.1, 0.15) is 60.1 Å². The van der Waals surface area contributed by atoms with Crippen molar-refractivity contribution in [3.63, 3.8) is 0 Å². The van der Waals surface area contributed by atoms with Gasteiger partial charge in [-0.25, -0.2) is 0 Å². The molecule has 0 spiro atoms. The van der Waals surface area contributed by atoms with Crippen molar-refractivity contribution >= 4 is 11.9 Å². The van der Waals surface area contributed by atoms with E-state index in [1.165, 1.54) is 33.5 Å². The molecule has 4 aromatic carbocycles. The fraction of sp³-hybridized carbons (Fsp3) is 0.219. The Bertz CT molecular complexity index is 1300. The second-order valence-electron chi connectivity index (χ2n) is 9.67. The van der Waals surface area contributed by atoms with E-state index in [4.69, 9.17) is 4.74 Å². The summed E-state index contributed by atoms with van der Waals surface area (Å²) in [7, 11) is 0. The molecule has 170 valence electrons. The van der Waals surface area contributed by atoms with Crippen LogP contribution in [0.4, 0.5) is 5.69 Å². The van der Waals surface area contributed by atoms with Crippen LogP contribution >= 0.6 is 0 Å². The van der Waals surface area contributed by atoms with Gasteiger partial charge in [-0.3, -0.25) is 0 Å². The van der Waals surface area contributed by atoms with E-state index < -0.39 is 0 Å². The molecule has 2 nitrogen and oxygen atoms in total. The first-order chi connectivity index (χ1) is 16.5. The molecule has 1 aliphatic heterocycles. The fourth-order valence-corrected chi connectivity index (χ4v) is 5.17. The van der Waals surface area contributed by atoms with Gasteiger partial charge in [0.1, 0.15) is 5.75 Å². The van der Waals surface area contributed by atoms with Crippen LogP contribution in [-0.4, -0.2) is 17.5 Å². The Labute approximate surface area is 203 Å². The summed E-state index contributed by atoms with van der Waals surface area (Å²) in [6.45, 7) is 9.47. The minimum Gasteiger partial charge on any atom is -0.435 e. The maximum Gasteiger partial charge on any atom is 0.292 e. The third kappa shape index (κ3) is 3.84. The van der Waals surface area contributed by atoms with Crippen LogP contribution in [0.15, 0.2) is 97.1 Å². The Kier molecular flexibility index (Phi) is 5.83. The largest absolute Gasteiger partial charge is 0.435 e. The fourth-order valence-electron chi connectivity index (χ4n) is 5.17. The SMILES string of the molecule is Cc1cc2c(c(C(C)(c3ccccc3)c3ccccc3)c1)OC[N+](c1ccccc1C(C)C)=C2. The van der Waals surface area contributed by atoms with E-state index in [9.17, 15) is 0 Å². The van der Waals surface area contributed by atoms with Crippen molar-refractivity contribution in [1.29, 1.82) is 0 Å². The molecule has 0 aromatic heterocycles. The zero-order valence-corrected chi connectivity index (χ0v) is 20.5. The Morgan fingerprint density at radius 1 is 0.794 bits per heavy atom. The molecule has 34 heavy (non-hydrogen) atoms. The van der Waals surface area contributed by atoms with Gasteiger partial charge in [-0.15, -0.1) is 0 Å². The first-order valence-corrected chi connectivity index (χ1v) is 12.1. The number of nitrogens with zero attached hydrogens (tertiary/aromatic N) is 1. The standard InChI is InChI=1S/C32H32NO/c1-23(2)28-17-11-12-18-30(28)33-21-25-19-24(3)20-29(31(25)34-22-33)32(4,26-13-7-5-8-14-26)27-15-9-6-10-16-27/h5-21,23H,22H2,1-4H3/q+1. The summed E-state index contributed by atoms with van der Waals surface area (Å²) in [5, 5.41) is 0. The summed E-state index contributed by atoms with van der Waals surface area (Å²) in [4.78, 5) is 0. The van der Waals surface area contributed by atoms with Gasteiger partial charge in [-0.2, -0.15) is 4.58 Å². The minimum atomic E-state index is -0.343. The topological polar surface area (TPSA) is 12.2 Å². The molecule has 0 saturated heterocycles. The minimum absolute atomic E-state index is 0.343. The molecule has 0 saturated carbocycles. The average Bonchev–Trinajstić information content (AvgIpc) is 2.88. The van der Waals surface area contributed by atoms with E-state index in [2.05, 4.69) is 136 Å². The molecular weight excluding hydrogens is 414 g/mol. The highest BCUT2D eigenvalue weighted by Gasteiger charge is 2.37. The van der Waals surface area contributed by atoms with Gasteiger partial charge in [0.2, 0.25) is 5.69 Å². The third-order valence-electron chi connectivity index (χ3n) is 7.01. The van der Waals surface area contributed by atoms with Crippen molar-refractivity contribution in [3.05, 3.63) is 130 Å². The lowest BCUT2D eigenvalue weighted by Gasteiger charge is -2.34. The maximum absolute atomic E-state index is 6.60. The third-order valence-corrected chi connectivity index (χ3v) is 7.01. The molecule has 0 N–H and O–H groups in total. The zero-order valence-electron chi connectivity index (χ0n) is 20.5. The summed E-state index contributed by atoms with van der Waals surface area (Å²) >= 11 is 0. The van der Waals surface area contributed by atoms with Gasteiger partial charge in [0.25, 0.3) is 6.73 Å². The lowest BCUT2D eigenvalue weighted by atomic mass is 9.70. The lowest BCUT2D eigenvalue weighted by molar-refractivity contribution is -0.476. The molecular formula is C32H32NO+. The molecule has 0 amide bonds. The predicted molar refractivity (Wildman–Crippen MR) is 141 cm³/mol. The number of fused-ring (bicyclic) bond motifs is 1. The number of ether oxygens (including phenoxy) is 1. The predicted octanol–water partition coefficient (Wildman–Crippen LogP) is 7.59. The first-order valence-electron chi connectivity index (χ1n) is 12.1. The van der Waals surface area contributed by atoms with E-state index in [1.807, 2.05) is 0 Å². The summed E-state index contributed by atoms with van der Waals surface area (Å²) in [5.41, 5.74) is 8.26. The number of hydrogen-bond acceptors (Lipinski definition) is 1. The molecule has 2 heteroatoms. The van der Waals surface area contributed by atoms with Crippen molar-refractivity contribution in [2.24, 2.45) is 0 Å². The summed E-state index contributed by atoms with van der Waals surface area (Å²) in [6.07, 6.45) is 2.26. The Hall–Kier alpha value is -3.65. The smallest absolute Gasteiger partial charge is 0.292 e. The number of para-hydroxylation sites is 1. The van der Waals surface area contributed by atoms with Gasteiger partial charge < -0.3 is 4.74 Å². The molecule has 1 heterocycles. The molecule has 0 unspecified atom stereocenters. The Morgan fingerprint density at radius 3 is 2.00 bits per heavy atom. The highest BCUT2D eigenvalue weighted by atomic mass is 16.5. The molecule has 0 fully saturated rings. The van der Waals surface area contributed by atoms with Crippen LogP contribution < -0.4 is 4.74 Å². The molecule has 0 radical (unpaired) electrons. The van der Waals surface area contributed by atoms with Crippen molar-refractivity contribution in [1.82, 2.24) is 0 Å². The van der Waals surface area contributed by atoms with E-state index >= 15 is 0 Å². The van der Waals surface area contributed by atoms with Crippen molar-refractivity contribution < 1.29 is 9.31 Å². The average molecular weight is 447 g/mol. The van der Waals surface area contributed by atoms with Crippen LogP contribution in [-0.2, 0) is 5.41 Å². The van der Waals surface area contributed by atoms with Crippen LogP contribution in [0.2, 0.25) is 0 Å². The first kappa shape index (κ1) is 22.2. The van der Waals surface area contributed by atoms with Crippen LogP contribution in [0.5, 0.6) is 5.75 Å². The second kappa shape index (κ2) is 8.95. The van der Waals surface area contributed by atoms with Crippen molar-refractivity contribution in [3.8, 4) is 5.75 Å². The quantitative estimate of drug-likeness (QED) is 0.227. The summed E-state index contributed by atoms with van der Waals surface area (Å²) in [6, 6.07) is 34.7. The highest BCUT2D eigenvalue weighted by Crippen LogP contribution is 2.45. The van der Waals surface area contributed by atoms with Crippen molar-refractivity contribution in [2.75, 3.05) is 6.73 Å². The second-order valence-corrected chi connectivity index (χ2v) is 9.67. The molecule has 0 bridgehead atoms. The number of aryl methyl sites for hydroxylation is 1. The van der Waals surface area contributed by atoms with Gasteiger partial charge in [-0.05, 0) is 42.5 Å². The normalized spacial score (nSPS) is 13.3. The number of hydrogen-bond donors (Lipinski definition) is 0. The Balaban J connectivity index is 1.72. The summed E-state index contributed by atoms with van der Waals surface area (Å²) in [5.74, 6) is 1.41. The van der Waals surface area contributed by atoms with Crippen LogP contribution in [0.3, 0.4) is 0 Å².